The lowest BCUT2D eigenvalue weighted by atomic mass is 10.1. The molecule has 2 rings (SSSR count). The molecule has 1 aromatic rings. The highest BCUT2D eigenvalue weighted by atomic mass is 16.1. The fraction of sp³-hybridized carbons (Fsp3) is 0.556. The molecular weight excluding hydrogens is 180 g/mol. The highest BCUT2D eigenvalue weighted by molar-refractivity contribution is 5.93. The van der Waals surface area contributed by atoms with E-state index in [1.165, 1.54) is 6.20 Å². The minimum absolute atomic E-state index is 0.0847. The van der Waals surface area contributed by atoms with Gasteiger partial charge in [0.05, 0.1) is 11.8 Å². The van der Waals surface area contributed by atoms with E-state index in [4.69, 9.17) is 5.73 Å². The Bertz CT molecular complexity index is 316. The van der Waals surface area contributed by atoms with E-state index < -0.39 is 0 Å². The molecule has 1 fully saturated rings. The number of amides is 1. The Hall–Kier alpha value is -1.36. The first-order valence-corrected chi connectivity index (χ1v) is 4.73. The summed E-state index contributed by atoms with van der Waals surface area (Å²) < 4.78 is 0. The first-order valence-electron chi connectivity index (χ1n) is 4.73. The van der Waals surface area contributed by atoms with Gasteiger partial charge < -0.3 is 11.1 Å². The summed E-state index contributed by atoms with van der Waals surface area (Å²) in [6, 6.07) is 0. The first kappa shape index (κ1) is 9.21. The zero-order chi connectivity index (χ0) is 10.0. The topological polar surface area (TPSA) is 83.8 Å². The van der Waals surface area contributed by atoms with E-state index >= 15 is 0 Å². The summed E-state index contributed by atoms with van der Waals surface area (Å²) >= 11 is 0. The van der Waals surface area contributed by atoms with Crippen LogP contribution >= 0.6 is 0 Å². The Labute approximate surface area is 82.1 Å². The zero-order valence-corrected chi connectivity index (χ0v) is 7.92. The number of nitrogens with one attached hydrogen (secondary N) is 2. The van der Waals surface area contributed by atoms with Crippen molar-refractivity contribution >= 4 is 5.91 Å². The monoisotopic (exact) mass is 194 g/mol. The molecule has 1 heterocycles. The second-order valence-electron chi connectivity index (χ2n) is 3.87. The molecule has 5 nitrogen and oxygen atoms in total. The molecular formula is C9H14N4O. The van der Waals surface area contributed by atoms with Crippen molar-refractivity contribution in [2.45, 2.75) is 12.8 Å². The lowest BCUT2D eigenvalue weighted by molar-refractivity contribution is 0.0945. The second-order valence-corrected chi connectivity index (χ2v) is 3.87. The first-order chi connectivity index (χ1) is 6.76. The fourth-order valence-electron chi connectivity index (χ4n) is 1.37. The smallest absolute Gasteiger partial charge is 0.254 e. The highest BCUT2D eigenvalue weighted by Crippen LogP contribution is 2.43. The number of aromatic amines is 1. The molecule has 0 aromatic carbocycles. The fourth-order valence-corrected chi connectivity index (χ4v) is 1.37. The van der Waals surface area contributed by atoms with Crippen LogP contribution in [0.4, 0.5) is 0 Å². The molecule has 0 bridgehead atoms. The summed E-state index contributed by atoms with van der Waals surface area (Å²) in [6.07, 6.45) is 5.33. The van der Waals surface area contributed by atoms with Crippen molar-refractivity contribution in [2.24, 2.45) is 11.1 Å². The van der Waals surface area contributed by atoms with Gasteiger partial charge >= 0.3 is 0 Å². The molecule has 0 unspecified atom stereocenters. The van der Waals surface area contributed by atoms with Gasteiger partial charge in [0, 0.05) is 18.2 Å². The van der Waals surface area contributed by atoms with Crippen LogP contribution in [0.5, 0.6) is 0 Å². The van der Waals surface area contributed by atoms with Gasteiger partial charge in [-0.15, -0.1) is 0 Å². The van der Waals surface area contributed by atoms with Gasteiger partial charge in [0.1, 0.15) is 0 Å². The third kappa shape index (κ3) is 1.77. The maximum Gasteiger partial charge on any atom is 0.254 e. The van der Waals surface area contributed by atoms with Gasteiger partial charge in [-0.05, 0) is 19.4 Å². The minimum Gasteiger partial charge on any atom is -0.351 e. The molecule has 0 spiro atoms. The zero-order valence-electron chi connectivity index (χ0n) is 7.92. The molecule has 1 saturated carbocycles. The summed E-state index contributed by atoms with van der Waals surface area (Å²) in [4.78, 5) is 11.5. The third-order valence-corrected chi connectivity index (χ3v) is 2.77. The molecule has 1 aliphatic carbocycles. The lowest BCUT2D eigenvalue weighted by Crippen LogP contribution is -2.33. The van der Waals surface area contributed by atoms with Crippen LogP contribution in [0.2, 0.25) is 0 Å². The summed E-state index contributed by atoms with van der Waals surface area (Å²) in [5.41, 5.74) is 6.35. The van der Waals surface area contributed by atoms with Crippen LogP contribution in [0.3, 0.4) is 0 Å². The number of carbonyl (C=O) groups excluding carboxylic acids is 1. The van der Waals surface area contributed by atoms with Gasteiger partial charge in [-0.1, -0.05) is 0 Å². The van der Waals surface area contributed by atoms with Gasteiger partial charge in [-0.2, -0.15) is 5.10 Å². The molecule has 0 aliphatic heterocycles. The number of rotatable bonds is 4. The molecule has 14 heavy (non-hydrogen) atoms. The van der Waals surface area contributed by atoms with Crippen molar-refractivity contribution in [3.8, 4) is 0 Å². The van der Waals surface area contributed by atoms with Crippen LogP contribution in [0.25, 0.3) is 0 Å². The Morgan fingerprint density at radius 3 is 3.00 bits per heavy atom. The number of hydrogen-bond donors (Lipinski definition) is 3. The molecule has 76 valence electrons. The highest BCUT2D eigenvalue weighted by Gasteiger charge is 2.41. The Kier molecular flexibility index (Phi) is 2.25. The van der Waals surface area contributed by atoms with E-state index in [1.54, 1.807) is 6.20 Å². The van der Waals surface area contributed by atoms with E-state index in [0.29, 0.717) is 18.7 Å². The van der Waals surface area contributed by atoms with Crippen LogP contribution in [0.1, 0.15) is 23.2 Å². The molecule has 1 aliphatic rings. The van der Waals surface area contributed by atoms with Crippen LogP contribution in [0.15, 0.2) is 12.4 Å². The SMILES string of the molecule is NCC1(CNC(=O)c2cn[nH]c2)CC1. The van der Waals surface area contributed by atoms with Crippen molar-refractivity contribution in [3.63, 3.8) is 0 Å². The van der Waals surface area contributed by atoms with Crippen molar-refractivity contribution in [2.75, 3.05) is 13.1 Å². The maximum absolute atomic E-state index is 11.5. The Morgan fingerprint density at radius 2 is 2.50 bits per heavy atom. The van der Waals surface area contributed by atoms with Crippen LogP contribution < -0.4 is 11.1 Å². The Morgan fingerprint density at radius 1 is 1.71 bits per heavy atom. The average molecular weight is 194 g/mol. The average Bonchev–Trinajstić information content (AvgIpc) is 2.78. The van der Waals surface area contributed by atoms with E-state index in [9.17, 15) is 4.79 Å². The largest absolute Gasteiger partial charge is 0.351 e. The molecule has 0 atom stereocenters. The third-order valence-electron chi connectivity index (χ3n) is 2.77. The number of carbonyl (C=O) groups is 1. The van der Waals surface area contributed by atoms with E-state index in [2.05, 4.69) is 15.5 Å². The van der Waals surface area contributed by atoms with Crippen molar-refractivity contribution in [3.05, 3.63) is 18.0 Å². The minimum atomic E-state index is -0.0847. The van der Waals surface area contributed by atoms with Crippen LogP contribution in [-0.4, -0.2) is 29.2 Å². The molecule has 0 saturated heterocycles. The van der Waals surface area contributed by atoms with E-state index in [0.717, 1.165) is 12.8 Å². The summed E-state index contributed by atoms with van der Waals surface area (Å²) in [7, 11) is 0. The summed E-state index contributed by atoms with van der Waals surface area (Å²) in [5, 5.41) is 9.17. The van der Waals surface area contributed by atoms with Gasteiger partial charge in [0.15, 0.2) is 0 Å². The summed E-state index contributed by atoms with van der Waals surface area (Å²) in [5.74, 6) is -0.0847. The van der Waals surface area contributed by atoms with Gasteiger partial charge in [0.2, 0.25) is 0 Å². The van der Waals surface area contributed by atoms with Gasteiger partial charge in [-0.3, -0.25) is 9.89 Å². The standard InChI is InChI=1S/C9H14N4O/c10-5-9(1-2-9)6-11-8(14)7-3-12-13-4-7/h3-4H,1-2,5-6,10H2,(H,11,14)(H,12,13). The van der Waals surface area contributed by atoms with Crippen LogP contribution in [0, 0.1) is 5.41 Å². The second kappa shape index (κ2) is 3.42. The number of hydrogen-bond acceptors (Lipinski definition) is 3. The predicted octanol–water partition coefficient (Wildman–Crippen LogP) is -0.122. The number of nitrogens with zero attached hydrogens (tertiary/aromatic N) is 1. The molecule has 5 heteroatoms. The van der Waals surface area contributed by atoms with Gasteiger partial charge in [0.25, 0.3) is 5.91 Å². The quantitative estimate of drug-likeness (QED) is 0.624. The predicted molar refractivity (Wildman–Crippen MR) is 51.6 cm³/mol. The number of H-pyrrole nitrogens is 1. The molecule has 1 aromatic heterocycles. The van der Waals surface area contributed by atoms with E-state index in [-0.39, 0.29) is 11.3 Å². The normalized spacial score (nSPS) is 17.8. The number of aromatic nitrogens is 2. The molecule has 4 N–H and O–H groups in total. The van der Waals surface area contributed by atoms with Crippen molar-refractivity contribution in [1.82, 2.24) is 15.5 Å². The van der Waals surface area contributed by atoms with Crippen LogP contribution in [-0.2, 0) is 0 Å². The molecule has 0 radical (unpaired) electrons. The van der Waals surface area contributed by atoms with E-state index in [1.807, 2.05) is 0 Å². The molecule has 1 amide bonds. The Balaban J connectivity index is 1.84. The van der Waals surface area contributed by atoms with Gasteiger partial charge in [-0.25, -0.2) is 0 Å². The maximum atomic E-state index is 11.5. The van der Waals surface area contributed by atoms with Crippen molar-refractivity contribution < 1.29 is 4.79 Å². The number of nitrogens with two attached hydrogens (primary N) is 1. The lowest BCUT2D eigenvalue weighted by Gasteiger charge is -2.12. The van der Waals surface area contributed by atoms with Crippen molar-refractivity contribution in [1.29, 1.82) is 0 Å². The summed E-state index contributed by atoms with van der Waals surface area (Å²) in [6.45, 7) is 1.33.